The number of methoxy groups -OCH3 is 1. The molecule has 1 aliphatic heterocycles. The van der Waals surface area contributed by atoms with Gasteiger partial charge in [0.25, 0.3) is 0 Å². The van der Waals surface area contributed by atoms with Gasteiger partial charge < -0.3 is 9.64 Å². The van der Waals surface area contributed by atoms with Gasteiger partial charge in [0.1, 0.15) is 0 Å². The molecule has 8 heteroatoms. The fourth-order valence-corrected chi connectivity index (χ4v) is 5.02. The van der Waals surface area contributed by atoms with Gasteiger partial charge in [-0.05, 0) is 43.9 Å². The highest BCUT2D eigenvalue weighted by Crippen LogP contribution is 2.21. The van der Waals surface area contributed by atoms with Crippen LogP contribution in [0, 0.1) is 5.92 Å². The van der Waals surface area contributed by atoms with Crippen molar-refractivity contribution in [2.45, 2.75) is 50.8 Å². The zero-order valence-corrected chi connectivity index (χ0v) is 18.4. The van der Waals surface area contributed by atoms with Crippen LogP contribution in [0.5, 0.6) is 0 Å². The molecule has 0 bridgehead atoms. The zero-order chi connectivity index (χ0) is 21.4. The molecule has 0 aromatic heterocycles. The number of aryl methyl sites for hydroxylation is 1. The van der Waals surface area contributed by atoms with Crippen molar-refractivity contribution in [1.82, 2.24) is 9.21 Å². The van der Waals surface area contributed by atoms with Crippen LogP contribution < -0.4 is 0 Å². The Balaban J connectivity index is 1.93. The molecule has 1 aromatic carbocycles. The molecule has 1 aromatic rings. The van der Waals surface area contributed by atoms with Crippen LogP contribution in [0.2, 0.25) is 0 Å². The lowest BCUT2D eigenvalue weighted by atomic mass is 10.1. The number of nitrogens with zero attached hydrogens (tertiary/aromatic N) is 2. The summed E-state index contributed by atoms with van der Waals surface area (Å²) in [5, 5.41) is 0. The first-order valence-corrected chi connectivity index (χ1v) is 11.7. The number of benzene rings is 1. The number of carbonyl (C=O) groups excluding carboxylic acids is 2. The van der Waals surface area contributed by atoms with E-state index in [2.05, 4.69) is 0 Å². The molecule has 0 aliphatic carbocycles. The highest BCUT2D eigenvalue weighted by Gasteiger charge is 2.25. The Morgan fingerprint density at radius 1 is 1.14 bits per heavy atom. The Bertz CT molecular complexity index is 786. The molecule has 29 heavy (non-hydrogen) atoms. The molecule has 1 saturated heterocycles. The van der Waals surface area contributed by atoms with Crippen molar-refractivity contribution in [1.29, 1.82) is 0 Å². The summed E-state index contributed by atoms with van der Waals surface area (Å²) in [6.45, 7) is 5.62. The van der Waals surface area contributed by atoms with Crippen molar-refractivity contribution in [3.63, 3.8) is 0 Å². The van der Waals surface area contributed by atoms with Gasteiger partial charge >= 0.3 is 5.97 Å². The molecule has 1 heterocycles. The molecule has 0 spiro atoms. The third kappa shape index (κ3) is 6.27. The summed E-state index contributed by atoms with van der Waals surface area (Å²) in [4.78, 5) is 26.0. The summed E-state index contributed by atoms with van der Waals surface area (Å²) in [7, 11) is -2.10. The van der Waals surface area contributed by atoms with Crippen LogP contribution in [-0.4, -0.2) is 62.8 Å². The monoisotopic (exact) mass is 424 g/mol. The molecule has 1 atom stereocenters. The average molecular weight is 425 g/mol. The lowest BCUT2D eigenvalue weighted by molar-refractivity contribution is -0.146. The lowest BCUT2D eigenvalue weighted by Crippen LogP contribution is -2.37. The van der Waals surface area contributed by atoms with Crippen LogP contribution >= 0.6 is 0 Å². The Hall–Kier alpha value is -1.93. The number of ether oxygens (including phenoxy) is 1. The van der Waals surface area contributed by atoms with Gasteiger partial charge in [-0.25, -0.2) is 8.42 Å². The molecule has 1 amide bonds. The molecule has 2 rings (SSSR count). The normalized spacial score (nSPS) is 16.2. The number of esters is 1. The second-order valence-electron chi connectivity index (χ2n) is 7.47. The molecular weight excluding hydrogens is 392 g/mol. The molecule has 1 aliphatic rings. The van der Waals surface area contributed by atoms with Crippen LogP contribution in [0.3, 0.4) is 0 Å². The fourth-order valence-electron chi connectivity index (χ4n) is 3.51. The van der Waals surface area contributed by atoms with Gasteiger partial charge in [-0.2, -0.15) is 4.31 Å². The van der Waals surface area contributed by atoms with Crippen LogP contribution in [-0.2, 0) is 30.8 Å². The van der Waals surface area contributed by atoms with Gasteiger partial charge in [0, 0.05) is 32.6 Å². The minimum absolute atomic E-state index is 0.0340. The number of sulfonamides is 1. The maximum atomic E-state index is 12.7. The third-order valence-electron chi connectivity index (χ3n) is 5.34. The minimum Gasteiger partial charge on any atom is -0.469 e. The van der Waals surface area contributed by atoms with E-state index >= 15 is 0 Å². The van der Waals surface area contributed by atoms with Crippen molar-refractivity contribution in [3.05, 3.63) is 29.8 Å². The van der Waals surface area contributed by atoms with Crippen molar-refractivity contribution in [2.75, 3.05) is 33.3 Å². The summed E-state index contributed by atoms with van der Waals surface area (Å²) >= 11 is 0. The summed E-state index contributed by atoms with van der Waals surface area (Å²) in [6.07, 6.45) is 3.71. The van der Waals surface area contributed by atoms with Gasteiger partial charge in [0.05, 0.1) is 17.9 Å². The largest absolute Gasteiger partial charge is 0.469 e. The van der Waals surface area contributed by atoms with Gasteiger partial charge in [-0.1, -0.05) is 25.5 Å². The number of carbonyl (C=O) groups is 2. The van der Waals surface area contributed by atoms with E-state index in [1.165, 1.54) is 7.11 Å². The van der Waals surface area contributed by atoms with Crippen LogP contribution in [0.15, 0.2) is 29.2 Å². The molecule has 0 saturated carbocycles. The summed E-state index contributed by atoms with van der Waals surface area (Å²) in [6, 6.07) is 6.80. The number of piperidine rings is 1. The highest BCUT2D eigenvalue weighted by atomic mass is 32.2. The Morgan fingerprint density at radius 3 is 2.31 bits per heavy atom. The summed E-state index contributed by atoms with van der Waals surface area (Å²) in [5.41, 5.74) is 0.910. The topological polar surface area (TPSA) is 84.0 Å². The van der Waals surface area contributed by atoms with Gasteiger partial charge in [0.2, 0.25) is 15.9 Å². The van der Waals surface area contributed by atoms with E-state index in [-0.39, 0.29) is 17.8 Å². The second kappa shape index (κ2) is 10.7. The fraction of sp³-hybridized carbons (Fsp3) is 0.619. The SMILES string of the molecule is CCN(CC(C)C(=O)OC)C(=O)CCc1ccc(S(=O)(=O)N2CCCCC2)cc1. The first-order chi connectivity index (χ1) is 13.8. The van der Waals surface area contributed by atoms with Crippen LogP contribution in [0.4, 0.5) is 0 Å². The minimum atomic E-state index is -3.44. The van der Waals surface area contributed by atoms with E-state index < -0.39 is 10.0 Å². The average Bonchev–Trinajstić information content (AvgIpc) is 2.75. The lowest BCUT2D eigenvalue weighted by Gasteiger charge is -2.26. The molecule has 162 valence electrons. The third-order valence-corrected chi connectivity index (χ3v) is 7.25. The standard InChI is InChI=1S/C21H32N2O5S/c1-4-22(16-17(2)21(25)28-3)20(24)13-10-18-8-11-19(12-9-18)29(26,27)23-14-6-5-7-15-23/h8-9,11-12,17H,4-7,10,13-16H2,1-3H3. The number of rotatable bonds is 9. The number of hydrogen-bond acceptors (Lipinski definition) is 5. The van der Waals surface area contributed by atoms with E-state index in [1.54, 1.807) is 40.4 Å². The van der Waals surface area contributed by atoms with Crippen molar-refractivity contribution < 1.29 is 22.7 Å². The molecule has 7 nitrogen and oxygen atoms in total. The van der Waals surface area contributed by atoms with E-state index in [4.69, 9.17) is 4.74 Å². The quantitative estimate of drug-likeness (QED) is 0.569. The van der Waals surface area contributed by atoms with E-state index in [0.717, 1.165) is 24.8 Å². The Morgan fingerprint density at radius 2 is 1.76 bits per heavy atom. The first-order valence-electron chi connectivity index (χ1n) is 10.2. The van der Waals surface area contributed by atoms with Crippen molar-refractivity contribution in [3.8, 4) is 0 Å². The molecule has 1 fully saturated rings. The molecule has 0 radical (unpaired) electrons. The van der Waals surface area contributed by atoms with Crippen molar-refractivity contribution in [2.24, 2.45) is 5.92 Å². The summed E-state index contributed by atoms with van der Waals surface area (Å²) < 4.78 is 31.7. The Kier molecular flexibility index (Phi) is 8.64. The predicted molar refractivity (Wildman–Crippen MR) is 111 cm³/mol. The number of amides is 1. The number of hydrogen-bond donors (Lipinski definition) is 0. The van der Waals surface area contributed by atoms with Gasteiger partial charge in [-0.3, -0.25) is 9.59 Å². The molecule has 1 unspecified atom stereocenters. The highest BCUT2D eigenvalue weighted by molar-refractivity contribution is 7.89. The van der Waals surface area contributed by atoms with Crippen molar-refractivity contribution >= 4 is 21.9 Å². The van der Waals surface area contributed by atoms with Crippen LogP contribution in [0.1, 0.15) is 45.1 Å². The van der Waals surface area contributed by atoms with Crippen LogP contribution in [0.25, 0.3) is 0 Å². The predicted octanol–water partition coefficient (Wildman–Crippen LogP) is 2.45. The maximum absolute atomic E-state index is 12.7. The first kappa shape index (κ1) is 23.3. The Labute approximate surface area is 174 Å². The van der Waals surface area contributed by atoms with Gasteiger partial charge in [0.15, 0.2) is 0 Å². The van der Waals surface area contributed by atoms with Gasteiger partial charge in [-0.15, -0.1) is 0 Å². The second-order valence-corrected chi connectivity index (χ2v) is 9.40. The summed E-state index contributed by atoms with van der Waals surface area (Å²) in [5.74, 6) is -0.738. The smallest absolute Gasteiger partial charge is 0.310 e. The maximum Gasteiger partial charge on any atom is 0.310 e. The van der Waals surface area contributed by atoms with E-state index in [1.807, 2.05) is 6.92 Å². The molecule has 0 N–H and O–H groups in total. The molecular formula is C21H32N2O5S. The zero-order valence-electron chi connectivity index (χ0n) is 17.6. The van der Waals surface area contributed by atoms with E-state index in [0.29, 0.717) is 43.9 Å². The van der Waals surface area contributed by atoms with E-state index in [9.17, 15) is 18.0 Å².